The van der Waals surface area contributed by atoms with Crippen LogP contribution in [0.5, 0.6) is 5.75 Å². The predicted octanol–water partition coefficient (Wildman–Crippen LogP) is 3.09. The van der Waals surface area contributed by atoms with Gasteiger partial charge in [-0.3, -0.25) is 4.79 Å². The van der Waals surface area contributed by atoms with Crippen LogP contribution in [0, 0.1) is 0 Å². The topological polar surface area (TPSA) is 58.6 Å². The zero-order valence-corrected chi connectivity index (χ0v) is 13.7. The van der Waals surface area contributed by atoms with E-state index in [2.05, 4.69) is 11.4 Å². The summed E-state index contributed by atoms with van der Waals surface area (Å²) in [7, 11) is 0. The van der Waals surface area contributed by atoms with Crippen LogP contribution in [0.15, 0.2) is 47.4 Å². The molecule has 0 fully saturated rings. The highest BCUT2D eigenvalue weighted by Gasteiger charge is 2.27. The Bertz CT molecular complexity index is 703. The van der Waals surface area contributed by atoms with Gasteiger partial charge in [0.05, 0.1) is 0 Å². The summed E-state index contributed by atoms with van der Waals surface area (Å²) in [5.41, 5.74) is 3.23. The maximum Gasteiger partial charge on any atom is 0.321 e. The minimum atomic E-state index is -0.820. The molecule has 3 rings (SSSR count). The Morgan fingerprint density at radius 1 is 1.30 bits per heavy atom. The van der Waals surface area contributed by atoms with Gasteiger partial charge in [-0.15, -0.1) is 11.8 Å². The number of nitrogens with one attached hydrogen (secondary N) is 1. The molecule has 1 aliphatic heterocycles. The van der Waals surface area contributed by atoms with Gasteiger partial charge in [0, 0.05) is 23.4 Å². The van der Waals surface area contributed by atoms with Crippen molar-refractivity contribution in [2.75, 3.05) is 6.26 Å². The van der Waals surface area contributed by atoms with Crippen LogP contribution in [-0.4, -0.2) is 23.4 Å². The van der Waals surface area contributed by atoms with Gasteiger partial charge >= 0.3 is 5.97 Å². The summed E-state index contributed by atoms with van der Waals surface area (Å²) >= 11 is 1.62. The molecule has 0 saturated heterocycles. The Morgan fingerprint density at radius 3 is 2.78 bits per heavy atom. The van der Waals surface area contributed by atoms with E-state index in [1.165, 1.54) is 0 Å². The Morgan fingerprint density at radius 2 is 2.09 bits per heavy atom. The lowest BCUT2D eigenvalue weighted by Gasteiger charge is -2.26. The van der Waals surface area contributed by atoms with Crippen LogP contribution in [0.3, 0.4) is 0 Å². The standard InChI is InChI=1S/C18H19NO3S/c1-23-16-8-7-13-10-19-15(18(20)21)9-14(13)17(16)22-11-12-5-3-2-4-6-12/h2-8,15,19H,9-11H2,1H3,(H,20,21). The van der Waals surface area contributed by atoms with E-state index in [0.29, 0.717) is 19.6 Å². The molecular weight excluding hydrogens is 310 g/mol. The fourth-order valence-electron chi connectivity index (χ4n) is 2.77. The van der Waals surface area contributed by atoms with Crippen LogP contribution in [-0.2, 0) is 24.4 Å². The van der Waals surface area contributed by atoms with Crippen molar-refractivity contribution in [1.82, 2.24) is 5.32 Å². The van der Waals surface area contributed by atoms with E-state index in [9.17, 15) is 9.90 Å². The number of rotatable bonds is 5. The van der Waals surface area contributed by atoms with E-state index in [1.54, 1.807) is 11.8 Å². The molecule has 0 aliphatic carbocycles. The van der Waals surface area contributed by atoms with E-state index in [1.807, 2.05) is 42.7 Å². The molecule has 0 spiro atoms. The highest BCUT2D eigenvalue weighted by atomic mass is 32.2. The summed E-state index contributed by atoms with van der Waals surface area (Å²) in [4.78, 5) is 12.3. The van der Waals surface area contributed by atoms with Crippen LogP contribution in [0.1, 0.15) is 16.7 Å². The van der Waals surface area contributed by atoms with E-state index >= 15 is 0 Å². The minimum Gasteiger partial charge on any atom is -0.487 e. The van der Waals surface area contributed by atoms with Gasteiger partial charge < -0.3 is 15.2 Å². The number of hydrogen-bond donors (Lipinski definition) is 2. The van der Waals surface area contributed by atoms with E-state index in [0.717, 1.165) is 27.3 Å². The fraction of sp³-hybridized carbons (Fsp3) is 0.278. The van der Waals surface area contributed by atoms with Crippen LogP contribution >= 0.6 is 11.8 Å². The maximum atomic E-state index is 11.3. The average molecular weight is 329 g/mol. The third-order valence-electron chi connectivity index (χ3n) is 4.01. The smallest absolute Gasteiger partial charge is 0.321 e. The number of carboxylic acids is 1. The highest BCUT2D eigenvalue weighted by molar-refractivity contribution is 7.98. The summed E-state index contributed by atoms with van der Waals surface area (Å²) in [6.45, 7) is 1.04. The van der Waals surface area contributed by atoms with Gasteiger partial charge in [0.1, 0.15) is 18.4 Å². The van der Waals surface area contributed by atoms with E-state index in [-0.39, 0.29) is 0 Å². The van der Waals surface area contributed by atoms with Gasteiger partial charge in [-0.25, -0.2) is 0 Å². The molecule has 0 amide bonds. The molecule has 0 bridgehead atoms. The third kappa shape index (κ3) is 3.51. The number of fused-ring (bicyclic) bond motifs is 1. The van der Waals surface area contributed by atoms with Crippen molar-refractivity contribution in [3.8, 4) is 5.75 Å². The molecule has 1 unspecified atom stereocenters. The van der Waals surface area contributed by atoms with Crippen LogP contribution in [0.4, 0.5) is 0 Å². The third-order valence-corrected chi connectivity index (χ3v) is 4.77. The normalized spacial score (nSPS) is 16.7. The summed E-state index contributed by atoms with van der Waals surface area (Å²) in [5, 5.41) is 12.3. The van der Waals surface area contributed by atoms with Crippen molar-refractivity contribution >= 4 is 17.7 Å². The lowest BCUT2D eigenvalue weighted by molar-refractivity contribution is -0.139. The SMILES string of the molecule is CSc1ccc2c(c1OCc1ccccc1)CC(C(=O)O)NC2. The molecule has 0 radical (unpaired) electrons. The minimum absolute atomic E-state index is 0.448. The number of ether oxygens (including phenoxy) is 1. The lowest BCUT2D eigenvalue weighted by atomic mass is 9.95. The molecule has 23 heavy (non-hydrogen) atoms. The van der Waals surface area contributed by atoms with E-state index in [4.69, 9.17) is 4.74 Å². The van der Waals surface area contributed by atoms with Crippen molar-refractivity contribution in [2.45, 2.75) is 30.5 Å². The Kier molecular flexibility index (Phi) is 4.88. The molecule has 2 N–H and O–H groups in total. The molecule has 2 aromatic rings. The predicted molar refractivity (Wildman–Crippen MR) is 91.0 cm³/mol. The molecule has 5 heteroatoms. The molecule has 0 saturated carbocycles. The second-order valence-corrected chi connectivity index (χ2v) is 6.33. The number of aliphatic carboxylic acids is 1. The summed E-state index contributed by atoms with van der Waals surface area (Å²) in [6, 6.07) is 13.5. The second-order valence-electron chi connectivity index (χ2n) is 5.48. The fourth-order valence-corrected chi connectivity index (χ4v) is 3.34. The Balaban J connectivity index is 1.89. The number of carbonyl (C=O) groups is 1. The van der Waals surface area contributed by atoms with E-state index < -0.39 is 12.0 Å². The Hall–Kier alpha value is -1.98. The summed E-state index contributed by atoms with van der Waals surface area (Å²) < 4.78 is 6.10. The molecule has 2 aromatic carbocycles. The number of carboxylic acid groups (broad SMARTS) is 1. The van der Waals surface area contributed by atoms with Gasteiger partial charge in [-0.05, 0) is 23.4 Å². The lowest BCUT2D eigenvalue weighted by Crippen LogP contribution is -2.41. The zero-order chi connectivity index (χ0) is 16.2. The molecule has 1 heterocycles. The first kappa shape index (κ1) is 15.9. The molecule has 0 aromatic heterocycles. The second kappa shape index (κ2) is 7.06. The first-order valence-corrected chi connectivity index (χ1v) is 8.73. The number of thioether (sulfide) groups is 1. The Labute approximate surface area is 139 Å². The summed E-state index contributed by atoms with van der Waals surface area (Å²) in [5.74, 6) is 0.00539. The van der Waals surface area contributed by atoms with Crippen LogP contribution in [0.2, 0.25) is 0 Å². The van der Waals surface area contributed by atoms with Crippen LogP contribution in [0.25, 0.3) is 0 Å². The monoisotopic (exact) mass is 329 g/mol. The van der Waals surface area contributed by atoms with Gasteiger partial charge in [0.15, 0.2) is 0 Å². The molecule has 120 valence electrons. The maximum absolute atomic E-state index is 11.3. The van der Waals surface area contributed by atoms with Crippen molar-refractivity contribution in [3.05, 3.63) is 59.2 Å². The van der Waals surface area contributed by atoms with Crippen molar-refractivity contribution in [1.29, 1.82) is 0 Å². The average Bonchev–Trinajstić information content (AvgIpc) is 2.59. The van der Waals surface area contributed by atoms with Crippen molar-refractivity contribution in [2.24, 2.45) is 0 Å². The highest BCUT2D eigenvalue weighted by Crippen LogP contribution is 2.36. The first-order chi connectivity index (χ1) is 11.2. The van der Waals surface area contributed by atoms with Crippen molar-refractivity contribution in [3.63, 3.8) is 0 Å². The zero-order valence-electron chi connectivity index (χ0n) is 12.9. The number of hydrogen-bond acceptors (Lipinski definition) is 4. The molecule has 4 nitrogen and oxygen atoms in total. The van der Waals surface area contributed by atoms with Gasteiger partial charge in [-0.1, -0.05) is 36.4 Å². The molecular formula is C18H19NO3S. The van der Waals surface area contributed by atoms with Gasteiger partial charge in [-0.2, -0.15) is 0 Å². The quantitative estimate of drug-likeness (QED) is 0.826. The van der Waals surface area contributed by atoms with Crippen molar-refractivity contribution < 1.29 is 14.6 Å². The first-order valence-electron chi connectivity index (χ1n) is 7.50. The number of benzene rings is 2. The molecule has 1 aliphatic rings. The van der Waals surface area contributed by atoms with Gasteiger partial charge in [0.25, 0.3) is 0 Å². The summed E-state index contributed by atoms with van der Waals surface area (Å²) in [6.07, 6.45) is 2.45. The largest absolute Gasteiger partial charge is 0.487 e. The van der Waals surface area contributed by atoms with Crippen LogP contribution < -0.4 is 10.1 Å². The van der Waals surface area contributed by atoms with Gasteiger partial charge in [0.2, 0.25) is 0 Å². The molecule has 1 atom stereocenters.